The molecule has 0 saturated carbocycles. The van der Waals surface area contributed by atoms with Crippen molar-refractivity contribution in [3.8, 4) is 5.75 Å². The van der Waals surface area contributed by atoms with Gasteiger partial charge >= 0.3 is 0 Å². The van der Waals surface area contributed by atoms with Crippen molar-refractivity contribution in [2.75, 3.05) is 13.7 Å². The van der Waals surface area contributed by atoms with Crippen molar-refractivity contribution in [2.45, 2.75) is 77.4 Å². The summed E-state index contributed by atoms with van der Waals surface area (Å²) in [6, 6.07) is 8.26. The standard InChI is InChI=1S/C21H36O3Si/c1-17(22)10-9-15-21(5,16-24-25(7,8)20(2,3)4)18-11-13-19(23-6)14-12-18/h11-14H,9-10,15-16H2,1-8H3/t21-/m1/s1. The molecule has 0 aliphatic carbocycles. The molecule has 0 N–H and O–H groups in total. The predicted octanol–water partition coefficient (Wildman–Crippen LogP) is 5.73. The molecule has 0 amide bonds. The highest BCUT2D eigenvalue weighted by molar-refractivity contribution is 6.74. The topological polar surface area (TPSA) is 35.5 Å². The molecule has 0 aromatic heterocycles. The smallest absolute Gasteiger partial charge is 0.192 e. The maximum absolute atomic E-state index is 11.4. The van der Waals surface area contributed by atoms with Gasteiger partial charge in [0.15, 0.2) is 8.32 Å². The Balaban J connectivity index is 2.99. The summed E-state index contributed by atoms with van der Waals surface area (Å²) in [7, 11) is -0.136. The van der Waals surface area contributed by atoms with Gasteiger partial charge in [0.2, 0.25) is 0 Å². The molecule has 0 aliphatic heterocycles. The lowest BCUT2D eigenvalue weighted by Gasteiger charge is -2.40. The van der Waals surface area contributed by atoms with Crippen LogP contribution in [-0.4, -0.2) is 27.8 Å². The lowest BCUT2D eigenvalue weighted by molar-refractivity contribution is -0.117. The number of ether oxygens (including phenoxy) is 1. The van der Waals surface area contributed by atoms with E-state index in [1.165, 1.54) is 5.56 Å². The first-order valence-electron chi connectivity index (χ1n) is 9.19. The molecule has 0 saturated heterocycles. The molecule has 25 heavy (non-hydrogen) atoms. The van der Waals surface area contributed by atoms with Gasteiger partial charge in [-0.1, -0.05) is 39.8 Å². The van der Waals surface area contributed by atoms with Gasteiger partial charge in [0.25, 0.3) is 0 Å². The highest BCUT2D eigenvalue weighted by atomic mass is 28.4. The van der Waals surface area contributed by atoms with Crippen molar-refractivity contribution in [2.24, 2.45) is 0 Å². The predicted molar refractivity (Wildman–Crippen MR) is 108 cm³/mol. The Hall–Kier alpha value is -1.13. The van der Waals surface area contributed by atoms with Crippen LogP contribution in [0.3, 0.4) is 0 Å². The van der Waals surface area contributed by atoms with Gasteiger partial charge in [-0.05, 0) is 55.6 Å². The van der Waals surface area contributed by atoms with Crippen LogP contribution in [0.1, 0.15) is 59.4 Å². The Kier molecular flexibility index (Phi) is 7.45. The first kappa shape index (κ1) is 21.9. The van der Waals surface area contributed by atoms with Crippen molar-refractivity contribution in [3.63, 3.8) is 0 Å². The van der Waals surface area contributed by atoms with E-state index >= 15 is 0 Å². The van der Waals surface area contributed by atoms with Crippen molar-refractivity contribution < 1.29 is 14.0 Å². The number of rotatable bonds is 9. The lowest BCUT2D eigenvalue weighted by atomic mass is 9.79. The quantitative estimate of drug-likeness (QED) is 0.525. The molecule has 1 aromatic rings. The lowest BCUT2D eigenvalue weighted by Crippen LogP contribution is -2.44. The minimum absolute atomic E-state index is 0.1000. The van der Waals surface area contributed by atoms with Gasteiger partial charge in [-0.2, -0.15) is 0 Å². The molecule has 1 aromatic carbocycles. The van der Waals surface area contributed by atoms with Crippen LogP contribution in [0.5, 0.6) is 5.75 Å². The third-order valence-corrected chi connectivity index (χ3v) is 10.1. The summed E-state index contributed by atoms with van der Waals surface area (Å²) in [5, 5.41) is 0.188. The molecule has 4 heteroatoms. The number of ketones is 1. The summed E-state index contributed by atoms with van der Waals surface area (Å²) < 4.78 is 11.8. The van der Waals surface area contributed by atoms with E-state index in [0.717, 1.165) is 18.6 Å². The number of hydrogen-bond donors (Lipinski definition) is 0. The van der Waals surface area contributed by atoms with Crippen molar-refractivity contribution >= 4 is 14.1 Å². The van der Waals surface area contributed by atoms with Crippen LogP contribution in [0.4, 0.5) is 0 Å². The highest BCUT2D eigenvalue weighted by Crippen LogP contribution is 2.39. The number of carbonyl (C=O) groups is 1. The fourth-order valence-corrected chi connectivity index (χ4v) is 3.69. The summed E-state index contributed by atoms with van der Waals surface area (Å²) in [5.41, 5.74) is 1.15. The Morgan fingerprint density at radius 1 is 1.08 bits per heavy atom. The first-order chi connectivity index (χ1) is 11.4. The molecule has 0 fully saturated rings. The van der Waals surface area contributed by atoms with Crippen LogP contribution in [0.25, 0.3) is 0 Å². The van der Waals surface area contributed by atoms with Crippen molar-refractivity contribution in [1.29, 1.82) is 0 Å². The zero-order chi connectivity index (χ0) is 19.3. The second kappa shape index (κ2) is 8.50. The molecular formula is C21H36O3Si. The Morgan fingerprint density at radius 2 is 1.64 bits per heavy atom. The van der Waals surface area contributed by atoms with Crippen LogP contribution in [-0.2, 0) is 14.6 Å². The number of hydrogen-bond acceptors (Lipinski definition) is 3. The fraction of sp³-hybridized carbons (Fsp3) is 0.667. The van der Waals surface area contributed by atoms with Crippen molar-refractivity contribution in [3.05, 3.63) is 29.8 Å². The third kappa shape index (κ3) is 6.26. The third-order valence-electron chi connectivity index (χ3n) is 5.60. The molecule has 0 radical (unpaired) electrons. The number of Topliss-reactive ketones (excluding diaryl/α,β-unsaturated/α-hetero) is 1. The van der Waals surface area contributed by atoms with Gasteiger partial charge < -0.3 is 14.0 Å². The van der Waals surface area contributed by atoms with Gasteiger partial charge in [-0.3, -0.25) is 0 Å². The maximum Gasteiger partial charge on any atom is 0.192 e. The molecule has 0 spiro atoms. The van der Waals surface area contributed by atoms with Crippen LogP contribution in [0, 0.1) is 0 Å². The molecule has 0 bridgehead atoms. The Labute approximate surface area is 155 Å². The number of methoxy groups -OCH3 is 1. The van der Waals surface area contributed by atoms with Crippen LogP contribution in [0.2, 0.25) is 18.1 Å². The highest BCUT2D eigenvalue weighted by Gasteiger charge is 2.39. The van der Waals surface area contributed by atoms with E-state index < -0.39 is 8.32 Å². The molecule has 1 rings (SSSR count). The van der Waals surface area contributed by atoms with E-state index in [4.69, 9.17) is 9.16 Å². The van der Waals surface area contributed by atoms with Crippen molar-refractivity contribution in [1.82, 2.24) is 0 Å². The van der Waals surface area contributed by atoms with Gasteiger partial charge in [-0.15, -0.1) is 0 Å². The molecule has 3 nitrogen and oxygen atoms in total. The Morgan fingerprint density at radius 3 is 2.08 bits per heavy atom. The Bertz CT molecular complexity index is 557. The molecule has 142 valence electrons. The van der Waals surface area contributed by atoms with Crippen LogP contribution >= 0.6 is 0 Å². The largest absolute Gasteiger partial charge is 0.497 e. The van der Waals surface area contributed by atoms with Crippen LogP contribution in [0.15, 0.2) is 24.3 Å². The number of benzene rings is 1. The molecule has 0 aliphatic rings. The fourth-order valence-electron chi connectivity index (χ4n) is 2.58. The summed E-state index contributed by atoms with van der Waals surface area (Å²) >= 11 is 0. The van der Waals surface area contributed by atoms with Crippen LogP contribution < -0.4 is 4.74 Å². The molecular weight excluding hydrogens is 328 g/mol. The maximum atomic E-state index is 11.4. The average molecular weight is 365 g/mol. The molecule has 1 atom stereocenters. The van der Waals surface area contributed by atoms with Gasteiger partial charge in [0.05, 0.1) is 7.11 Å². The summed E-state index contributed by atoms with van der Waals surface area (Å²) in [6.07, 6.45) is 2.46. The monoisotopic (exact) mass is 364 g/mol. The van der Waals surface area contributed by atoms with E-state index in [1.54, 1.807) is 14.0 Å². The second-order valence-electron chi connectivity index (χ2n) is 8.89. The second-order valence-corrected chi connectivity index (χ2v) is 13.7. The summed E-state index contributed by atoms with van der Waals surface area (Å²) in [4.78, 5) is 11.4. The SMILES string of the molecule is COc1ccc([C@](C)(CCCC(C)=O)CO[Si](C)(C)C(C)(C)C)cc1. The molecule has 0 unspecified atom stereocenters. The zero-order valence-electron chi connectivity index (χ0n) is 17.4. The normalized spacial score (nSPS) is 14.9. The van der Waals surface area contributed by atoms with E-state index in [9.17, 15) is 4.79 Å². The van der Waals surface area contributed by atoms with Gasteiger partial charge in [0, 0.05) is 18.4 Å². The number of carbonyl (C=O) groups excluding carboxylic acids is 1. The molecule has 0 heterocycles. The van der Waals surface area contributed by atoms with E-state index in [-0.39, 0.29) is 16.2 Å². The zero-order valence-corrected chi connectivity index (χ0v) is 18.4. The minimum atomic E-state index is -1.82. The van der Waals surface area contributed by atoms with E-state index in [2.05, 4.69) is 52.9 Å². The van der Waals surface area contributed by atoms with E-state index in [1.807, 2.05) is 12.1 Å². The van der Waals surface area contributed by atoms with Gasteiger partial charge in [0.1, 0.15) is 11.5 Å². The average Bonchev–Trinajstić information content (AvgIpc) is 2.52. The summed E-state index contributed by atoms with van der Waals surface area (Å²) in [6.45, 7) is 16.0. The van der Waals surface area contributed by atoms with E-state index in [0.29, 0.717) is 13.0 Å². The minimum Gasteiger partial charge on any atom is -0.497 e. The first-order valence-corrected chi connectivity index (χ1v) is 12.1. The van der Waals surface area contributed by atoms with Gasteiger partial charge in [-0.25, -0.2) is 0 Å². The summed E-state index contributed by atoms with van der Waals surface area (Å²) in [5.74, 6) is 1.11.